The molecule has 0 bridgehead atoms. The molecule has 3 aromatic rings. The van der Waals surface area contributed by atoms with Crippen LogP contribution in [-0.4, -0.2) is 26.5 Å². The van der Waals surface area contributed by atoms with Crippen LogP contribution in [0.25, 0.3) is 11.0 Å². The number of benzene rings is 2. The van der Waals surface area contributed by atoms with Gasteiger partial charge < -0.3 is 10.2 Å². The van der Waals surface area contributed by atoms with Crippen LogP contribution in [-0.2, 0) is 22.6 Å². The standard InChI is InChI=1S/C19H18N4O2S/c24-19(20-12-14-7-9-16-17(10-14)23-26-22-16)18-11-15(21-25-18)8-6-13-4-2-1-3-5-13/h1-5,7,9-10,18H,6,8,11-12H2,(H,20,24). The Bertz CT molecular complexity index is 939. The minimum absolute atomic E-state index is 0.139. The van der Waals surface area contributed by atoms with Crippen LogP contribution in [0.4, 0.5) is 0 Å². The third-order valence-corrected chi connectivity index (χ3v) is 4.91. The zero-order valence-corrected chi connectivity index (χ0v) is 14.9. The lowest BCUT2D eigenvalue weighted by atomic mass is 10.0. The second-order valence-corrected chi connectivity index (χ2v) is 6.77. The largest absolute Gasteiger partial charge is 0.382 e. The Morgan fingerprint density at radius 3 is 2.81 bits per heavy atom. The molecule has 0 radical (unpaired) electrons. The van der Waals surface area contributed by atoms with Gasteiger partial charge in [0.15, 0.2) is 0 Å². The molecule has 1 amide bonds. The van der Waals surface area contributed by atoms with Gasteiger partial charge in [-0.2, -0.15) is 8.75 Å². The number of hydrogen-bond donors (Lipinski definition) is 1. The maximum absolute atomic E-state index is 12.3. The molecule has 1 atom stereocenters. The Balaban J connectivity index is 1.25. The van der Waals surface area contributed by atoms with Crippen molar-refractivity contribution in [3.8, 4) is 0 Å². The van der Waals surface area contributed by atoms with Gasteiger partial charge in [0.25, 0.3) is 5.91 Å². The fraction of sp³-hybridized carbons (Fsp3) is 0.263. The predicted octanol–water partition coefficient (Wildman–Crippen LogP) is 3.09. The zero-order chi connectivity index (χ0) is 17.8. The van der Waals surface area contributed by atoms with Crippen molar-refractivity contribution in [1.82, 2.24) is 14.1 Å². The summed E-state index contributed by atoms with van der Waals surface area (Å²) in [5, 5.41) is 6.99. The van der Waals surface area contributed by atoms with E-state index in [2.05, 4.69) is 31.4 Å². The van der Waals surface area contributed by atoms with E-state index in [1.807, 2.05) is 36.4 Å². The smallest absolute Gasteiger partial charge is 0.264 e. The monoisotopic (exact) mass is 366 g/mol. The van der Waals surface area contributed by atoms with Crippen molar-refractivity contribution >= 4 is 34.4 Å². The van der Waals surface area contributed by atoms with Crippen LogP contribution < -0.4 is 5.32 Å². The van der Waals surface area contributed by atoms with Gasteiger partial charge in [-0.3, -0.25) is 4.79 Å². The van der Waals surface area contributed by atoms with Crippen LogP contribution >= 0.6 is 11.7 Å². The molecule has 26 heavy (non-hydrogen) atoms. The molecular formula is C19H18N4O2S. The number of hydrogen-bond acceptors (Lipinski definition) is 6. The highest BCUT2D eigenvalue weighted by Gasteiger charge is 2.27. The van der Waals surface area contributed by atoms with Crippen LogP contribution in [0, 0.1) is 0 Å². The van der Waals surface area contributed by atoms with E-state index < -0.39 is 6.10 Å². The number of aromatic nitrogens is 2. The molecule has 1 N–H and O–H groups in total. The average Bonchev–Trinajstić information content (AvgIpc) is 3.34. The number of oxime groups is 1. The highest BCUT2D eigenvalue weighted by atomic mass is 32.1. The predicted molar refractivity (Wildman–Crippen MR) is 101 cm³/mol. The molecule has 1 aliphatic rings. The fourth-order valence-electron chi connectivity index (χ4n) is 2.89. The summed E-state index contributed by atoms with van der Waals surface area (Å²) in [4.78, 5) is 17.6. The third-order valence-electron chi connectivity index (χ3n) is 4.35. The Morgan fingerprint density at radius 1 is 1.08 bits per heavy atom. The van der Waals surface area contributed by atoms with Gasteiger partial charge in [-0.25, -0.2) is 0 Å². The summed E-state index contributed by atoms with van der Waals surface area (Å²) >= 11 is 1.19. The summed E-state index contributed by atoms with van der Waals surface area (Å²) in [6.45, 7) is 0.436. The molecule has 0 spiro atoms. The molecule has 1 aliphatic heterocycles. The number of carbonyl (C=O) groups is 1. The molecule has 132 valence electrons. The van der Waals surface area contributed by atoms with Crippen molar-refractivity contribution < 1.29 is 9.63 Å². The molecule has 6 nitrogen and oxygen atoms in total. The number of amides is 1. The topological polar surface area (TPSA) is 76.5 Å². The second-order valence-electron chi connectivity index (χ2n) is 6.25. The Labute approximate surface area is 155 Å². The lowest BCUT2D eigenvalue weighted by Crippen LogP contribution is -2.34. The van der Waals surface area contributed by atoms with Crippen molar-refractivity contribution in [2.45, 2.75) is 31.9 Å². The van der Waals surface area contributed by atoms with Crippen molar-refractivity contribution in [2.24, 2.45) is 5.16 Å². The second kappa shape index (κ2) is 7.61. The van der Waals surface area contributed by atoms with Gasteiger partial charge in [-0.15, -0.1) is 0 Å². The van der Waals surface area contributed by atoms with E-state index in [0.717, 1.165) is 35.2 Å². The van der Waals surface area contributed by atoms with Crippen LogP contribution in [0.5, 0.6) is 0 Å². The summed E-state index contributed by atoms with van der Waals surface area (Å²) in [5.74, 6) is -0.139. The van der Waals surface area contributed by atoms with Gasteiger partial charge in [-0.1, -0.05) is 41.6 Å². The maximum atomic E-state index is 12.3. The van der Waals surface area contributed by atoms with E-state index in [-0.39, 0.29) is 5.91 Å². The number of nitrogens with one attached hydrogen (secondary N) is 1. The minimum atomic E-state index is -0.537. The van der Waals surface area contributed by atoms with Gasteiger partial charge in [0.1, 0.15) is 11.0 Å². The molecule has 1 unspecified atom stereocenters. The van der Waals surface area contributed by atoms with E-state index >= 15 is 0 Å². The number of aryl methyl sites for hydroxylation is 1. The Kier molecular flexibility index (Phi) is 4.88. The van der Waals surface area contributed by atoms with E-state index in [0.29, 0.717) is 13.0 Å². The molecule has 2 aromatic carbocycles. The lowest BCUT2D eigenvalue weighted by Gasteiger charge is -2.09. The van der Waals surface area contributed by atoms with E-state index in [9.17, 15) is 4.79 Å². The number of rotatable bonds is 6. The molecule has 2 heterocycles. The third kappa shape index (κ3) is 3.88. The summed E-state index contributed by atoms with van der Waals surface area (Å²) < 4.78 is 8.39. The van der Waals surface area contributed by atoms with Crippen LogP contribution in [0.15, 0.2) is 53.7 Å². The van der Waals surface area contributed by atoms with Crippen molar-refractivity contribution in [3.05, 3.63) is 59.7 Å². The molecule has 0 fully saturated rings. The summed E-state index contributed by atoms with van der Waals surface area (Å²) in [5.41, 5.74) is 4.91. The van der Waals surface area contributed by atoms with Crippen LogP contribution in [0.1, 0.15) is 24.0 Å². The quantitative estimate of drug-likeness (QED) is 0.727. The first-order valence-electron chi connectivity index (χ1n) is 8.52. The summed E-state index contributed by atoms with van der Waals surface area (Å²) in [6.07, 6.45) is 1.72. The highest BCUT2D eigenvalue weighted by molar-refractivity contribution is 7.00. The van der Waals surface area contributed by atoms with Gasteiger partial charge >= 0.3 is 0 Å². The summed E-state index contributed by atoms with van der Waals surface area (Å²) in [6, 6.07) is 16.0. The number of nitrogens with zero attached hydrogens (tertiary/aromatic N) is 3. The first-order valence-corrected chi connectivity index (χ1v) is 9.25. The first kappa shape index (κ1) is 16.7. The van der Waals surface area contributed by atoms with Gasteiger partial charge in [0.05, 0.1) is 17.4 Å². The Morgan fingerprint density at radius 2 is 1.92 bits per heavy atom. The van der Waals surface area contributed by atoms with E-state index in [1.54, 1.807) is 0 Å². The van der Waals surface area contributed by atoms with Gasteiger partial charge in [0, 0.05) is 13.0 Å². The number of fused-ring (bicyclic) bond motifs is 1. The average molecular weight is 366 g/mol. The lowest BCUT2D eigenvalue weighted by molar-refractivity contribution is -0.131. The van der Waals surface area contributed by atoms with Gasteiger partial charge in [-0.05, 0) is 36.1 Å². The number of carbonyl (C=O) groups excluding carboxylic acids is 1. The summed E-state index contributed by atoms with van der Waals surface area (Å²) in [7, 11) is 0. The molecule has 0 aliphatic carbocycles. The molecule has 0 saturated carbocycles. The Hall–Kier alpha value is -2.80. The maximum Gasteiger partial charge on any atom is 0.264 e. The fourth-order valence-corrected chi connectivity index (χ4v) is 3.41. The van der Waals surface area contributed by atoms with Gasteiger partial charge in [0.2, 0.25) is 6.10 Å². The van der Waals surface area contributed by atoms with Crippen molar-refractivity contribution in [2.75, 3.05) is 0 Å². The zero-order valence-electron chi connectivity index (χ0n) is 14.1. The van der Waals surface area contributed by atoms with Crippen LogP contribution in [0.3, 0.4) is 0 Å². The van der Waals surface area contributed by atoms with Crippen molar-refractivity contribution in [1.29, 1.82) is 0 Å². The molecule has 7 heteroatoms. The minimum Gasteiger partial charge on any atom is -0.382 e. The molecular weight excluding hydrogens is 348 g/mol. The van der Waals surface area contributed by atoms with E-state index in [1.165, 1.54) is 17.3 Å². The van der Waals surface area contributed by atoms with Crippen LogP contribution in [0.2, 0.25) is 0 Å². The molecule has 1 aromatic heterocycles. The molecule has 4 rings (SSSR count). The normalized spacial score (nSPS) is 16.3. The van der Waals surface area contributed by atoms with Crippen molar-refractivity contribution in [3.63, 3.8) is 0 Å². The highest BCUT2D eigenvalue weighted by Crippen LogP contribution is 2.16. The molecule has 0 saturated heterocycles. The SMILES string of the molecule is O=C(NCc1ccc2nsnc2c1)C1CC(CCc2ccccc2)=NO1. The van der Waals surface area contributed by atoms with E-state index in [4.69, 9.17) is 4.84 Å². The first-order chi connectivity index (χ1) is 12.8.